The second-order valence-corrected chi connectivity index (χ2v) is 5.10. The Kier molecular flexibility index (Phi) is 4.30. The third-order valence-corrected chi connectivity index (χ3v) is 3.34. The summed E-state index contributed by atoms with van der Waals surface area (Å²) < 4.78 is 0. The highest BCUT2D eigenvalue weighted by atomic mass is 35.5. The number of aliphatic carboxylic acids is 1. The van der Waals surface area contributed by atoms with E-state index in [2.05, 4.69) is 4.98 Å². The molecule has 2 aromatic rings. The van der Waals surface area contributed by atoms with Crippen LogP contribution in [0.4, 0.5) is 0 Å². The molecule has 1 N–H and O–H groups in total. The summed E-state index contributed by atoms with van der Waals surface area (Å²) in [5.41, 5.74) is 1.72. The second-order valence-electron chi connectivity index (χ2n) is 3.85. The summed E-state index contributed by atoms with van der Waals surface area (Å²) in [6.07, 6.45) is 2.94. The van der Waals surface area contributed by atoms with Gasteiger partial charge < -0.3 is 5.11 Å². The Morgan fingerprint density at radius 3 is 2.42 bits per heavy atom. The molecule has 0 aliphatic heterocycles. The van der Waals surface area contributed by atoms with Crippen LogP contribution in [0.15, 0.2) is 30.6 Å². The van der Waals surface area contributed by atoms with Gasteiger partial charge in [-0.2, -0.15) is 0 Å². The van der Waals surface area contributed by atoms with E-state index < -0.39 is 5.97 Å². The van der Waals surface area contributed by atoms with Crippen LogP contribution in [-0.2, 0) is 11.2 Å². The Hall–Kier alpha value is -1.29. The molecule has 6 heteroatoms. The maximum atomic E-state index is 10.9. The average molecular weight is 317 g/mol. The minimum absolute atomic E-state index is 0.132. The van der Waals surface area contributed by atoms with E-state index in [0.717, 1.165) is 0 Å². The molecule has 0 radical (unpaired) electrons. The number of carboxylic acid groups (broad SMARTS) is 1. The number of rotatable bonds is 3. The maximum absolute atomic E-state index is 10.9. The number of halogens is 3. The van der Waals surface area contributed by atoms with Crippen LogP contribution in [0.25, 0.3) is 11.1 Å². The SMILES string of the molecule is O=C(O)Cc1ccncc1-c1c(Cl)cc(Cl)cc1Cl. The van der Waals surface area contributed by atoms with Crippen molar-refractivity contribution in [1.29, 1.82) is 0 Å². The first-order chi connectivity index (χ1) is 8.99. The zero-order valence-electron chi connectivity index (χ0n) is 9.53. The predicted octanol–water partition coefficient (Wildman–Crippen LogP) is 4.34. The summed E-state index contributed by atoms with van der Waals surface area (Å²) in [5, 5.41) is 10.0. The fourth-order valence-corrected chi connectivity index (χ4v) is 2.79. The number of hydrogen-bond donors (Lipinski definition) is 1. The Bertz CT molecular complexity index is 621. The Morgan fingerprint density at radius 1 is 1.21 bits per heavy atom. The molecule has 98 valence electrons. The number of hydrogen-bond acceptors (Lipinski definition) is 2. The van der Waals surface area contributed by atoms with Gasteiger partial charge in [0, 0.05) is 28.5 Å². The van der Waals surface area contributed by atoms with Gasteiger partial charge in [-0.25, -0.2) is 0 Å². The van der Waals surface area contributed by atoms with Crippen molar-refractivity contribution in [1.82, 2.24) is 4.98 Å². The molecule has 1 aromatic heterocycles. The molecule has 0 amide bonds. The lowest BCUT2D eigenvalue weighted by molar-refractivity contribution is -0.136. The van der Waals surface area contributed by atoms with Gasteiger partial charge in [0.25, 0.3) is 0 Å². The number of aromatic nitrogens is 1. The molecule has 0 fully saturated rings. The standard InChI is InChI=1S/C13H8Cl3NO2/c14-8-4-10(15)13(11(16)5-8)9-6-17-2-1-7(9)3-12(18)19/h1-2,4-6H,3H2,(H,18,19). The molecule has 2 rings (SSSR count). The molecule has 0 spiro atoms. The van der Waals surface area contributed by atoms with Crippen molar-refractivity contribution in [3.05, 3.63) is 51.2 Å². The number of nitrogens with zero attached hydrogens (tertiary/aromatic N) is 1. The highest BCUT2D eigenvalue weighted by molar-refractivity contribution is 6.41. The van der Waals surface area contributed by atoms with Gasteiger partial charge in [-0.1, -0.05) is 34.8 Å². The summed E-state index contributed by atoms with van der Waals surface area (Å²) in [6.45, 7) is 0. The van der Waals surface area contributed by atoms with E-state index in [1.54, 1.807) is 24.4 Å². The molecule has 1 heterocycles. The van der Waals surface area contributed by atoms with Crippen molar-refractivity contribution < 1.29 is 9.90 Å². The fourth-order valence-electron chi connectivity index (χ4n) is 1.76. The highest BCUT2D eigenvalue weighted by Crippen LogP contribution is 2.38. The third kappa shape index (κ3) is 3.18. The molecule has 0 aliphatic carbocycles. The lowest BCUT2D eigenvalue weighted by Gasteiger charge is -2.11. The van der Waals surface area contributed by atoms with Gasteiger partial charge in [-0.3, -0.25) is 9.78 Å². The van der Waals surface area contributed by atoms with E-state index in [9.17, 15) is 4.79 Å². The number of benzene rings is 1. The van der Waals surface area contributed by atoms with Crippen molar-refractivity contribution >= 4 is 40.8 Å². The number of pyridine rings is 1. The molecule has 0 bridgehead atoms. The Morgan fingerprint density at radius 2 is 1.84 bits per heavy atom. The quantitative estimate of drug-likeness (QED) is 0.916. The molecule has 19 heavy (non-hydrogen) atoms. The smallest absolute Gasteiger partial charge is 0.307 e. The normalized spacial score (nSPS) is 10.5. The molecule has 3 nitrogen and oxygen atoms in total. The van der Waals surface area contributed by atoms with Gasteiger partial charge in [0.15, 0.2) is 0 Å². The van der Waals surface area contributed by atoms with Crippen LogP contribution < -0.4 is 0 Å². The lowest BCUT2D eigenvalue weighted by Crippen LogP contribution is -2.02. The maximum Gasteiger partial charge on any atom is 0.307 e. The van der Waals surface area contributed by atoms with Gasteiger partial charge in [-0.15, -0.1) is 0 Å². The molecular weight excluding hydrogens is 309 g/mol. The van der Waals surface area contributed by atoms with Crippen molar-refractivity contribution in [3.8, 4) is 11.1 Å². The first-order valence-corrected chi connectivity index (χ1v) is 6.42. The summed E-state index contributed by atoms with van der Waals surface area (Å²) in [7, 11) is 0. The first kappa shape index (κ1) is 14.1. The minimum atomic E-state index is -0.936. The van der Waals surface area contributed by atoms with Crippen LogP contribution in [0.2, 0.25) is 15.1 Å². The Labute approximate surface area is 124 Å². The van der Waals surface area contributed by atoms with Crippen LogP contribution in [0, 0.1) is 0 Å². The van der Waals surface area contributed by atoms with E-state index in [1.165, 1.54) is 6.20 Å². The van der Waals surface area contributed by atoms with Crippen molar-refractivity contribution in [2.45, 2.75) is 6.42 Å². The topological polar surface area (TPSA) is 50.2 Å². The number of carbonyl (C=O) groups is 1. The number of carboxylic acids is 1. The lowest BCUT2D eigenvalue weighted by atomic mass is 10.00. The zero-order valence-corrected chi connectivity index (χ0v) is 11.8. The average Bonchev–Trinajstić information content (AvgIpc) is 2.29. The van der Waals surface area contributed by atoms with Crippen molar-refractivity contribution in [3.63, 3.8) is 0 Å². The Balaban J connectivity index is 2.62. The molecule has 0 unspecified atom stereocenters. The van der Waals surface area contributed by atoms with E-state index in [-0.39, 0.29) is 6.42 Å². The predicted molar refractivity (Wildman–Crippen MR) is 76.0 cm³/mol. The minimum Gasteiger partial charge on any atom is -0.481 e. The first-order valence-electron chi connectivity index (χ1n) is 5.28. The van der Waals surface area contributed by atoms with Crippen LogP contribution in [0.1, 0.15) is 5.56 Å². The van der Waals surface area contributed by atoms with Gasteiger partial charge in [0.2, 0.25) is 0 Å². The zero-order chi connectivity index (χ0) is 14.0. The van der Waals surface area contributed by atoms with Gasteiger partial charge >= 0.3 is 5.97 Å². The van der Waals surface area contributed by atoms with Crippen LogP contribution >= 0.6 is 34.8 Å². The van der Waals surface area contributed by atoms with E-state index in [4.69, 9.17) is 39.9 Å². The summed E-state index contributed by atoms with van der Waals surface area (Å²) in [6, 6.07) is 4.74. The summed E-state index contributed by atoms with van der Waals surface area (Å²) in [4.78, 5) is 14.9. The summed E-state index contributed by atoms with van der Waals surface area (Å²) in [5.74, 6) is -0.936. The molecule has 1 aromatic carbocycles. The van der Waals surface area contributed by atoms with Crippen molar-refractivity contribution in [2.24, 2.45) is 0 Å². The van der Waals surface area contributed by atoms with Crippen LogP contribution in [0.5, 0.6) is 0 Å². The highest BCUT2D eigenvalue weighted by Gasteiger charge is 2.15. The van der Waals surface area contributed by atoms with Crippen LogP contribution in [0.3, 0.4) is 0 Å². The largest absolute Gasteiger partial charge is 0.481 e. The second kappa shape index (κ2) is 5.78. The van der Waals surface area contributed by atoms with Crippen molar-refractivity contribution in [2.75, 3.05) is 0 Å². The monoisotopic (exact) mass is 315 g/mol. The van der Waals surface area contributed by atoms with Gasteiger partial charge in [-0.05, 0) is 23.8 Å². The van der Waals surface area contributed by atoms with E-state index in [0.29, 0.717) is 31.8 Å². The molecule has 0 aliphatic rings. The molecule has 0 saturated heterocycles. The van der Waals surface area contributed by atoms with Crippen LogP contribution in [-0.4, -0.2) is 16.1 Å². The van der Waals surface area contributed by atoms with Gasteiger partial charge in [0.1, 0.15) is 0 Å². The van der Waals surface area contributed by atoms with E-state index in [1.807, 2.05) is 0 Å². The molecule has 0 atom stereocenters. The third-order valence-electron chi connectivity index (χ3n) is 2.53. The molecule has 0 saturated carbocycles. The van der Waals surface area contributed by atoms with E-state index >= 15 is 0 Å². The van der Waals surface area contributed by atoms with Gasteiger partial charge in [0.05, 0.1) is 16.5 Å². The summed E-state index contributed by atoms with van der Waals surface area (Å²) >= 11 is 18.1. The molecular formula is C13H8Cl3NO2. The fraction of sp³-hybridized carbons (Fsp3) is 0.0769.